The SMILES string of the molecule is FC(F)(F)C[C@@]1(c2ccccc2)c2ccccc2-n2c1c(-c1ccccc1)c1ccccc12. The zero-order chi connectivity index (χ0) is 22.6. The molecule has 1 aliphatic rings. The summed E-state index contributed by atoms with van der Waals surface area (Å²) in [5, 5.41) is 0.954. The topological polar surface area (TPSA) is 4.93 Å². The first kappa shape index (κ1) is 19.9. The quantitative estimate of drug-likeness (QED) is 0.269. The molecular formula is C29H20F3N. The summed E-state index contributed by atoms with van der Waals surface area (Å²) in [6.45, 7) is 0. The molecule has 1 aliphatic heterocycles. The highest BCUT2D eigenvalue weighted by Crippen LogP contribution is 2.58. The van der Waals surface area contributed by atoms with E-state index in [-0.39, 0.29) is 0 Å². The van der Waals surface area contributed by atoms with Crippen molar-refractivity contribution in [1.29, 1.82) is 0 Å². The van der Waals surface area contributed by atoms with Gasteiger partial charge in [-0.05, 0) is 28.8 Å². The Bertz CT molecular complexity index is 1450. The highest BCUT2D eigenvalue weighted by Gasteiger charge is 2.53. The largest absolute Gasteiger partial charge is 0.390 e. The van der Waals surface area contributed by atoms with Gasteiger partial charge in [-0.25, -0.2) is 0 Å². The van der Waals surface area contributed by atoms with Crippen LogP contribution in [0.15, 0.2) is 109 Å². The average molecular weight is 439 g/mol. The number of nitrogens with zero attached hydrogens (tertiary/aromatic N) is 1. The standard InChI is InChI=1S/C29H20F3N/c30-29(31,32)19-28(21-13-5-2-6-14-21)23-16-8-10-18-25(23)33-24-17-9-7-15-22(24)26(27(28)33)20-11-3-1-4-12-20/h1-18H,19H2/t28-/m1/s1. The highest BCUT2D eigenvalue weighted by atomic mass is 19.4. The molecule has 162 valence electrons. The van der Waals surface area contributed by atoms with Crippen LogP contribution in [0, 0.1) is 0 Å². The fourth-order valence-corrected chi connectivity index (χ4v) is 5.55. The smallest absolute Gasteiger partial charge is 0.311 e. The molecule has 0 amide bonds. The van der Waals surface area contributed by atoms with E-state index in [4.69, 9.17) is 0 Å². The number of rotatable bonds is 3. The number of fused-ring (bicyclic) bond motifs is 5. The Kier molecular flexibility index (Phi) is 4.28. The normalized spacial score (nSPS) is 17.2. The van der Waals surface area contributed by atoms with Gasteiger partial charge in [-0.15, -0.1) is 0 Å². The Labute approximate surface area is 189 Å². The number of hydrogen-bond donors (Lipinski definition) is 0. The molecule has 4 aromatic carbocycles. The van der Waals surface area contributed by atoms with E-state index in [1.165, 1.54) is 0 Å². The van der Waals surface area contributed by atoms with E-state index in [0.29, 0.717) is 16.8 Å². The zero-order valence-electron chi connectivity index (χ0n) is 17.7. The van der Waals surface area contributed by atoms with Gasteiger partial charge in [0.05, 0.1) is 23.0 Å². The van der Waals surface area contributed by atoms with Crippen LogP contribution >= 0.6 is 0 Å². The minimum Gasteiger partial charge on any atom is -0.311 e. The molecule has 33 heavy (non-hydrogen) atoms. The maximum atomic E-state index is 14.4. The molecule has 4 heteroatoms. The summed E-state index contributed by atoms with van der Waals surface area (Å²) in [6.07, 6.45) is -5.35. The van der Waals surface area contributed by atoms with Crippen molar-refractivity contribution < 1.29 is 13.2 Å². The summed E-state index contributed by atoms with van der Waals surface area (Å²) in [4.78, 5) is 0. The van der Waals surface area contributed by atoms with Gasteiger partial charge in [-0.1, -0.05) is 97.1 Å². The van der Waals surface area contributed by atoms with Gasteiger partial charge < -0.3 is 4.57 Å². The lowest BCUT2D eigenvalue weighted by molar-refractivity contribution is -0.142. The van der Waals surface area contributed by atoms with E-state index in [1.807, 2.05) is 114 Å². The van der Waals surface area contributed by atoms with E-state index >= 15 is 0 Å². The van der Waals surface area contributed by atoms with Crippen molar-refractivity contribution in [2.75, 3.05) is 0 Å². The minimum atomic E-state index is -4.37. The van der Waals surface area contributed by atoms with Gasteiger partial charge in [0.25, 0.3) is 0 Å². The molecule has 2 heterocycles. The van der Waals surface area contributed by atoms with Gasteiger partial charge in [-0.3, -0.25) is 0 Å². The Morgan fingerprint density at radius 3 is 2.00 bits per heavy atom. The second-order valence-corrected chi connectivity index (χ2v) is 8.52. The molecule has 0 bridgehead atoms. The first-order chi connectivity index (χ1) is 16.0. The molecule has 1 atom stereocenters. The van der Waals surface area contributed by atoms with Crippen LogP contribution in [0.25, 0.3) is 27.7 Å². The van der Waals surface area contributed by atoms with Gasteiger partial charge in [0.15, 0.2) is 0 Å². The Morgan fingerprint density at radius 2 is 1.27 bits per heavy atom. The van der Waals surface area contributed by atoms with Gasteiger partial charge >= 0.3 is 6.18 Å². The van der Waals surface area contributed by atoms with Crippen molar-refractivity contribution in [2.24, 2.45) is 0 Å². The third-order valence-electron chi connectivity index (χ3n) is 6.68. The lowest BCUT2D eigenvalue weighted by atomic mass is 9.69. The second kappa shape index (κ2) is 7.11. The molecule has 0 spiro atoms. The van der Waals surface area contributed by atoms with Crippen LogP contribution in [0.2, 0.25) is 0 Å². The fraction of sp³-hybridized carbons (Fsp3) is 0.103. The van der Waals surface area contributed by atoms with Crippen molar-refractivity contribution in [1.82, 2.24) is 4.57 Å². The third kappa shape index (κ3) is 2.87. The lowest BCUT2D eigenvalue weighted by Gasteiger charge is -2.33. The number of para-hydroxylation sites is 2. The molecule has 0 N–H and O–H groups in total. The Morgan fingerprint density at radius 1 is 0.667 bits per heavy atom. The molecule has 0 radical (unpaired) electrons. The summed E-state index contributed by atoms with van der Waals surface area (Å²) >= 11 is 0. The summed E-state index contributed by atoms with van der Waals surface area (Å²) in [7, 11) is 0. The van der Waals surface area contributed by atoms with Crippen molar-refractivity contribution in [3.63, 3.8) is 0 Å². The van der Waals surface area contributed by atoms with Gasteiger partial charge in [0.1, 0.15) is 0 Å². The lowest BCUT2D eigenvalue weighted by Crippen LogP contribution is -2.34. The predicted molar refractivity (Wildman–Crippen MR) is 126 cm³/mol. The van der Waals surface area contributed by atoms with Crippen LogP contribution in [0.3, 0.4) is 0 Å². The summed E-state index contributed by atoms with van der Waals surface area (Å²) in [6, 6.07) is 34.3. The van der Waals surface area contributed by atoms with Crippen LogP contribution in [-0.2, 0) is 5.41 Å². The number of aromatic nitrogens is 1. The molecule has 0 aliphatic carbocycles. The second-order valence-electron chi connectivity index (χ2n) is 8.52. The Hall–Kier alpha value is -3.79. The highest BCUT2D eigenvalue weighted by molar-refractivity contribution is 6.02. The minimum absolute atomic E-state index is 0.647. The van der Waals surface area contributed by atoms with Crippen molar-refractivity contribution in [3.05, 3.63) is 126 Å². The van der Waals surface area contributed by atoms with Crippen LogP contribution in [0.1, 0.15) is 23.2 Å². The number of alkyl halides is 3. The molecule has 1 nitrogen and oxygen atoms in total. The summed E-state index contributed by atoms with van der Waals surface area (Å²) in [5.74, 6) is 0. The summed E-state index contributed by atoms with van der Waals surface area (Å²) in [5.41, 5.74) is 4.14. The van der Waals surface area contributed by atoms with Crippen LogP contribution in [0.4, 0.5) is 13.2 Å². The molecule has 1 aromatic heterocycles. The molecule has 6 rings (SSSR count). The zero-order valence-corrected chi connectivity index (χ0v) is 17.7. The Balaban J connectivity index is 1.85. The summed E-state index contributed by atoms with van der Waals surface area (Å²) < 4.78 is 45.3. The molecular weight excluding hydrogens is 419 g/mol. The number of halogens is 3. The first-order valence-electron chi connectivity index (χ1n) is 10.9. The van der Waals surface area contributed by atoms with E-state index in [0.717, 1.165) is 27.7 Å². The molecule has 5 aromatic rings. The van der Waals surface area contributed by atoms with Crippen LogP contribution in [-0.4, -0.2) is 10.7 Å². The first-order valence-corrected chi connectivity index (χ1v) is 10.9. The van der Waals surface area contributed by atoms with Gasteiger partial charge in [0.2, 0.25) is 0 Å². The van der Waals surface area contributed by atoms with E-state index in [1.54, 1.807) is 0 Å². The van der Waals surface area contributed by atoms with Gasteiger partial charge in [0, 0.05) is 16.6 Å². The van der Waals surface area contributed by atoms with Crippen molar-refractivity contribution >= 4 is 10.9 Å². The molecule has 0 unspecified atom stereocenters. The van der Waals surface area contributed by atoms with E-state index in [9.17, 15) is 13.2 Å². The van der Waals surface area contributed by atoms with Crippen molar-refractivity contribution in [2.45, 2.75) is 18.0 Å². The maximum Gasteiger partial charge on any atom is 0.390 e. The molecule has 0 saturated carbocycles. The number of benzene rings is 4. The van der Waals surface area contributed by atoms with E-state index in [2.05, 4.69) is 0 Å². The fourth-order valence-electron chi connectivity index (χ4n) is 5.55. The average Bonchev–Trinajstić information content (AvgIpc) is 3.32. The van der Waals surface area contributed by atoms with Gasteiger partial charge in [-0.2, -0.15) is 13.2 Å². The number of hydrogen-bond acceptors (Lipinski definition) is 0. The predicted octanol–water partition coefficient (Wildman–Crippen LogP) is 7.90. The van der Waals surface area contributed by atoms with E-state index < -0.39 is 18.0 Å². The van der Waals surface area contributed by atoms with Crippen molar-refractivity contribution in [3.8, 4) is 16.8 Å². The third-order valence-corrected chi connectivity index (χ3v) is 6.68. The maximum absolute atomic E-state index is 14.4. The molecule has 0 saturated heterocycles. The monoisotopic (exact) mass is 439 g/mol. The van der Waals surface area contributed by atoms with Crippen LogP contribution < -0.4 is 0 Å². The molecule has 0 fully saturated rings. The van der Waals surface area contributed by atoms with Crippen LogP contribution in [0.5, 0.6) is 0 Å².